The normalized spacial score (nSPS) is 23.1. The fourth-order valence-electron chi connectivity index (χ4n) is 3.69. The minimum atomic E-state index is -1.32. The molecular weight excluding hydrogens is 390 g/mol. The van der Waals surface area contributed by atoms with Crippen LogP contribution in [0.3, 0.4) is 0 Å². The van der Waals surface area contributed by atoms with Gasteiger partial charge in [-0.25, -0.2) is 0 Å². The molecule has 0 aromatic carbocycles. The molecule has 2 aliphatic heterocycles. The molecular formula is C23H30ClNO4. The lowest BCUT2D eigenvalue weighted by Crippen LogP contribution is -2.69. The van der Waals surface area contributed by atoms with E-state index in [2.05, 4.69) is 11.0 Å². The van der Waals surface area contributed by atoms with Crippen molar-refractivity contribution in [2.24, 2.45) is 5.41 Å². The van der Waals surface area contributed by atoms with Gasteiger partial charge in [0.1, 0.15) is 5.54 Å². The van der Waals surface area contributed by atoms with Crippen molar-refractivity contribution in [1.82, 2.24) is 5.32 Å². The van der Waals surface area contributed by atoms with Crippen LogP contribution in [0.5, 0.6) is 0 Å². The summed E-state index contributed by atoms with van der Waals surface area (Å²) in [5.74, 6) is -0.798. The molecule has 1 saturated heterocycles. The van der Waals surface area contributed by atoms with Crippen molar-refractivity contribution in [2.75, 3.05) is 19.8 Å². The predicted octanol–water partition coefficient (Wildman–Crippen LogP) is 4.35. The monoisotopic (exact) mass is 419 g/mol. The minimum Gasteiger partial charge on any atom is -0.465 e. The molecule has 1 N–H and O–H groups in total. The van der Waals surface area contributed by atoms with Crippen LogP contribution in [0, 0.1) is 5.41 Å². The molecule has 0 bridgehead atoms. The van der Waals surface area contributed by atoms with Crippen LogP contribution in [0.15, 0.2) is 52.3 Å². The van der Waals surface area contributed by atoms with Gasteiger partial charge in [-0.15, -0.1) is 5.73 Å². The molecule has 0 aromatic heterocycles. The van der Waals surface area contributed by atoms with Crippen LogP contribution in [-0.4, -0.2) is 37.2 Å². The molecule has 6 heteroatoms. The van der Waals surface area contributed by atoms with E-state index in [0.717, 1.165) is 18.4 Å². The quantitative estimate of drug-likeness (QED) is 0.209. The number of carbonyl (C=O) groups excluding carboxylic acids is 2. The zero-order valence-corrected chi connectivity index (χ0v) is 18.4. The van der Waals surface area contributed by atoms with Crippen LogP contribution in [-0.2, 0) is 19.1 Å². The minimum absolute atomic E-state index is 0.311. The van der Waals surface area contributed by atoms with Gasteiger partial charge in [-0.3, -0.25) is 9.59 Å². The van der Waals surface area contributed by atoms with Gasteiger partial charge >= 0.3 is 5.97 Å². The van der Waals surface area contributed by atoms with Crippen LogP contribution >= 0.6 is 11.6 Å². The highest BCUT2D eigenvalue weighted by Crippen LogP contribution is 2.45. The van der Waals surface area contributed by atoms with E-state index >= 15 is 0 Å². The fraction of sp³-hybridized carbons (Fsp3) is 0.522. The average molecular weight is 420 g/mol. The number of amides is 1. The molecule has 0 aromatic rings. The molecule has 0 saturated carbocycles. The first kappa shape index (κ1) is 23.2. The zero-order chi connectivity index (χ0) is 21.5. The average Bonchev–Trinajstić information content (AvgIpc) is 2.66. The maximum absolute atomic E-state index is 13.1. The summed E-state index contributed by atoms with van der Waals surface area (Å²) in [6.45, 7) is 8.62. The standard InChI is InChI=1S/C23H30ClNO4/c1-5-8-14-29-21(27)23(7-3)17(4)19(13-10-9-12-18(24)11-6-2)22(15-28-16-22)25-20(23)26/h6,9-10,12-13H,5,7-8,14-16H2,1-4H3,(H,25,26)/b12-9+,13-10+. The van der Waals surface area contributed by atoms with Gasteiger partial charge in [0.25, 0.3) is 0 Å². The van der Waals surface area contributed by atoms with Crippen molar-refractivity contribution in [2.45, 2.75) is 52.5 Å². The first-order valence-corrected chi connectivity index (χ1v) is 10.5. The van der Waals surface area contributed by atoms with Gasteiger partial charge in [-0.2, -0.15) is 0 Å². The Morgan fingerprint density at radius 1 is 1.34 bits per heavy atom. The summed E-state index contributed by atoms with van der Waals surface area (Å²) >= 11 is 6.02. The van der Waals surface area contributed by atoms with Gasteiger partial charge < -0.3 is 14.8 Å². The van der Waals surface area contributed by atoms with E-state index in [9.17, 15) is 9.59 Å². The largest absolute Gasteiger partial charge is 0.465 e. The molecule has 2 rings (SSSR count). The summed E-state index contributed by atoms with van der Waals surface area (Å²) in [5.41, 5.74) is 2.56. The third kappa shape index (κ3) is 4.58. The Morgan fingerprint density at radius 2 is 2.07 bits per heavy atom. The number of allylic oxidation sites excluding steroid dienone is 4. The van der Waals surface area contributed by atoms with Crippen molar-refractivity contribution >= 4 is 23.5 Å². The van der Waals surface area contributed by atoms with Crippen LogP contribution in [0.4, 0.5) is 0 Å². The third-order valence-corrected chi connectivity index (χ3v) is 5.74. The Morgan fingerprint density at radius 3 is 2.62 bits per heavy atom. The van der Waals surface area contributed by atoms with E-state index in [-0.39, 0.29) is 5.91 Å². The first-order valence-electron chi connectivity index (χ1n) is 10.1. The van der Waals surface area contributed by atoms with Gasteiger partial charge in [-0.05, 0) is 50.0 Å². The second kappa shape index (κ2) is 10.1. The number of carbonyl (C=O) groups is 2. The van der Waals surface area contributed by atoms with E-state index in [1.54, 1.807) is 18.2 Å². The molecule has 2 aliphatic rings. The van der Waals surface area contributed by atoms with Gasteiger partial charge in [0, 0.05) is 0 Å². The molecule has 5 nitrogen and oxygen atoms in total. The number of nitrogens with one attached hydrogen (secondary N) is 1. The highest BCUT2D eigenvalue weighted by atomic mass is 35.5. The fourth-order valence-corrected chi connectivity index (χ4v) is 3.88. The van der Waals surface area contributed by atoms with Crippen molar-refractivity contribution in [1.29, 1.82) is 0 Å². The molecule has 1 amide bonds. The summed E-state index contributed by atoms with van der Waals surface area (Å²) in [7, 11) is 0. The zero-order valence-electron chi connectivity index (χ0n) is 17.6. The number of unbranched alkanes of at least 4 members (excludes halogenated alkanes) is 1. The van der Waals surface area contributed by atoms with E-state index in [1.165, 1.54) is 0 Å². The number of hydrogen-bond donors (Lipinski definition) is 1. The van der Waals surface area contributed by atoms with Gasteiger partial charge in [0.05, 0.1) is 24.9 Å². The summed E-state index contributed by atoms with van der Waals surface area (Å²) in [6, 6.07) is 0. The summed E-state index contributed by atoms with van der Waals surface area (Å²) < 4.78 is 10.9. The Kier molecular flexibility index (Phi) is 8.09. The van der Waals surface area contributed by atoms with E-state index in [0.29, 0.717) is 36.8 Å². The molecule has 1 fully saturated rings. The lowest BCUT2D eigenvalue weighted by molar-refractivity contribution is -0.163. The third-order valence-electron chi connectivity index (χ3n) is 5.51. The summed E-state index contributed by atoms with van der Waals surface area (Å²) in [5, 5.41) is 3.54. The van der Waals surface area contributed by atoms with E-state index in [4.69, 9.17) is 21.1 Å². The number of ether oxygens (including phenoxy) is 2. The number of halogens is 1. The van der Waals surface area contributed by atoms with Crippen molar-refractivity contribution in [3.63, 3.8) is 0 Å². The molecule has 0 aliphatic carbocycles. The van der Waals surface area contributed by atoms with Crippen molar-refractivity contribution in [3.8, 4) is 0 Å². The molecule has 158 valence electrons. The van der Waals surface area contributed by atoms with Gasteiger partial charge in [0.2, 0.25) is 5.91 Å². The van der Waals surface area contributed by atoms with Crippen molar-refractivity contribution < 1.29 is 19.1 Å². The molecule has 1 spiro atoms. The highest BCUT2D eigenvalue weighted by molar-refractivity contribution is 6.31. The van der Waals surface area contributed by atoms with Crippen molar-refractivity contribution in [3.05, 3.63) is 52.3 Å². The lowest BCUT2D eigenvalue weighted by Gasteiger charge is -2.50. The molecule has 1 unspecified atom stereocenters. The molecule has 1 atom stereocenters. The van der Waals surface area contributed by atoms with Gasteiger partial charge in [-0.1, -0.05) is 50.1 Å². The Hall–Kier alpha value is -2.07. The van der Waals surface area contributed by atoms with Gasteiger partial charge in [0.15, 0.2) is 5.41 Å². The van der Waals surface area contributed by atoms with E-state index in [1.807, 2.05) is 39.8 Å². The number of rotatable bonds is 8. The highest BCUT2D eigenvalue weighted by Gasteiger charge is 2.58. The van der Waals surface area contributed by atoms with Crippen LogP contribution in [0.2, 0.25) is 0 Å². The van der Waals surface area contributed by atoms with Crippen LogP contribution in [0.25, 0.3) is 0 Å². The maximum Gasteiger partial charge on any atom is 0.325 e. The predicted molar refractivity (Wildman–Crippen MR) is 114 cm³/mol. The number of hydrogen-bond acceptors (Lipinski definition) is 4. The lowest BCUT2D eigenvalue weighted by atomic mass is 9.67. The van der Waals surface area contributed by atoms with Crippen LogP contribution in [0.1, 0.15) is 47.0 Å². The Bertz CT molecular complexity index is 798. The molecule has 29 heavy (non-hydrogen) atoms. The summed E-state index contributed by atoms with van der Waals surface area (Å²) in [6.07, 6.45) is 11.0. The van der Waals surface area contributed by atoms with E-state index < -0.39 is 16.9 Å². The maximum atomic E-state index is 13.1. The van der Waals surface area contributed by atoms with Crippen LogP contribution < -0.4 is 5.32 Å². The number of esters is 1. The smallest absolute Gasteiger partial charge is 0.325 e. The Balaban J connectivity index is 2.43. The molecule has 0 radical (unpaired) electrons. The summed E-state index contributed by atoms with van der Waals surface area (Å²) in [4.78, 5) is 26.1. The topological polar surface area (TPSA) is 64.6 Å². The Labute approximate surface area is 178 Å². The second-order valence-electron chi connectivity index (χ2n) is 7.32. The second-order valence-corrected chi connectivity index (χ2v) is 7.72. The SMILES string of the molecule is CC=C=C(Cl)/C=C/C=C/C1=C(C)C(CC)(C(=O)OCCCC)C(=O)NC12COC2. The molecule has 2 heterocycles. The first-order chi connectivity index (χ1) is 13.9.